The van der Waals surface area contributed by atoms with Gasteiger partial charge >= 0.3 is 11.8 Å². The van der Waals surface area contributed by atoms with Gasteiger partial charge in [-0.15, -0.1) is 0 Å². The van der Waals surface area contributed by atoms with E-state index in [9.17, 15) is 14.9 Å². The van der Waals surface area contributed by atoms with Crippen molar-refractivity contribution in [2.24, 2.45) is 0 Å². The van der Waals surface area contributed by atoms with Gasteiger partial charge in [0.25, 0.3) is 4.96 Å². The summed E-state index contributed by atoms with van der Waals surface area (Å²) < 4.78 is 1.46. The van der Waals surface area contributed by atoms with Gasteiger partial charge in [-0.3, -0.25) is 9.69 Å². The molecule has 2 aromatic heterocycles. The first-order valence-corrected chi connectivity index (χ1v) is 8.19. The number of hydrogen-bond donors (Lipinski definition) is 2. The van der Waals surface area contributed by atoms with E-state index in [2.05, 4.69) is 10.3 Å². The number of nitro groups is 1. The molecule has 124 valence electrons. The van der Waals surface area contributed by atoms with Gasteiger partial charge in [0.2, 0.25) is 5.82 Å². The van der Waals surface area contributed by atoms with Crippen molar-refractivity contribution in [2.75, 3.05) is 18.4 Å². The number of aliphatic carboxylic acids is 1. The Labute approximate surface area is 135 Å². The van der Waals surface area contributed by atoms with Crippen LogP contribution in [0.25, 0.3) is 4.96 Å². The fraction of sp³-hybridized carbons (Fsp3) is 0.538. The van der Waals surface area contributed by atoms with Gasteiger partial charge in [0.05, 0.1) is 6.54 Å². The van der Waals surface area contributed by atoms with Gasteiger partial charge in [0.1, 0.15) is 6.20 Å². The molecule has 1 aliphatic rings. The smallest absolute Gasteiger partial charge is 0.372 e. The second kappa shape index (κ2) is 6.13. The summed E-state index contributed by atoms with van der Waals surface area (Å²) in [5.74, 6) is -0.609. The van der Waals surface area contributed by atoms with E-state index in [1.165, 1.54) is 15.7 Å². The Hall–Kier alpha value is -2.20. The third-order valence-corrected chi connectivity index (χ3v) is 4.88. The van der Waals surface area contributed by atoms with Crippen molar-refractivity contribution in [1.82, 2.24) is 14.3 Å². The number of aromatic nitrogens is 2. The normalized spacial score (nSPS) is 20.6. The number of rotatable bonds is 7. The standard InChI is InChI=1S/C13H17N5O4S/c1-2-16(7-10(19)20)9-5-8(6-9)14-11-12(18(21)22)17-3-4-23-13(17)15-11/h3-4,8-9,14H,2,5-7H2,1H3,(H,19,20). The molecule has 1 fully saturated rings. The molecule has 0 unspecified atom stereocenters. The minimum absolute atomic E-state index is 0.0221. The first-order valence-electron chi connectivity index (χ1n) is 7.32. The van der Waals surface area contributed by atoms with Gasteiger partial charge in [-0.1, -0.05) is 18.3 Å². The number of carboxylic acids is 1. The van der Waals surface area contributed by atoms with Gasteiger partial charge in [-0.25, -0.2) is 0 Å². The third-order valence-electron chi connectivity index (χ3n) is 4.12. The van der Waals surface area contributed by atoms with E-state index in [1.807, 2.05) is 11.8 Å². The number of hydrogen-bond acceptors (Lipinski definition) is 7. The van der Waals surface area contributed by atoms with Crippen LogP contribution in [0.3, 0.4) is 0 Å². The topological polar surface area (TPSA) is 113 Å². The van der Waals surface area contributed by atoms with Crippen LogP contribution in [-0.4, -0.2) is 55.5 Å². The molecule has 2 N–H and O–H groups in total. The largest absolute Gasteiger partial charge is 0.480 e. The highest BCUT2D eigenvalue weighted by atomic mass is 32.1. The molecule has 0 spiro atoms. The van der Waals surface area contributed by atoms with Crippen LogP contribution < -0.4 is 5.32 Å². The first kappa shape index (κ1) is 15.7. The summed E-state index contributed by atoms with van der Waals surface area (Å²) in [7, 11) is 0. The number of anilines is 1. The molecule has 10 heteroatoms. The van der Waals surface area contributed by atoms with E-state index in [0.717, 1.165) is 12.8 Å². The summed E-state index contributed by atoms with van der Waals surface area (Å²) in [6.45, 7) is 2.62. The van der Waals surface area contributed by atoms with Crippen molar-refractivity contribution in [3.05, 3.63) is 21.7 Å². The Morgan fingerprint density at radius 3 is 3.00 bits per heavy atom. The van der Waals surface area contributed by atoms with Crippen LogP contribution >= 0.6 is 11.3 Å². The molecule has 1 saturated carbocycles. The van der Waals surface area contributed by atoms with E-state index in [1.54, 1.807) is 11.6 Å². The predicted molar refractivity (Wildman–Crippen MR) is 85.0 cm³/mol. The first-order chi connectivity index (χ1) is 11.0. The van der Waals surface area contributed by atoms with Gasteiger partial charge in [-0.2, -0.15) is 9.38 Å². The lowest BCUT2D eigenvalue weighted by Crippen LogP contribution is -2.51. The molecule has 9 nitrogen and oxygen atoms in total. The zero-order valence-corrected chi connectivity index (χ0v) is 13.3. The van der Waals surface area contributed by atoms with Crippen LogP contribution in [0.2, 0.25) is 0 Å². The minimum atomic E-state index is -0.840. The number of fused-ring (bicyclic) bond motifs is 1. The fourth-order valence-corrected chi connectivity index (χ4v) is 3.62. The average Bonchev–Trinajstić information content (AvgIpc) is 2.99. The van der Waals surface area contributed by atoms with Crippen LogP contribution in [-0.2, 0) is 4.79 Å². The van der Waals surface area contributed by atoms with Crippen LogP contribution in [0.15, 0.2) is 11.6 Å². The van der Waals surface area contributed by atoms with Gasteiger partial charge < -0.3 is 20.5 Å². The van der Waals surface area contributed by atoms with Gasteiger partial charge in [0, 0.05) is 17.5 Å². The predicted octanol–water partition coefficient (Wildman–Crippen LogP) is 1.65. The molecular formula is C13H17N5O4S. The Balaban J connectivity index is 1.66. The molecule has 0 atom stereocenters. The average molecular weight is 339 g/mol. The summed E-state index contributed by atoms with van der Waals surface area (Å²) in [4.78, 5) is 28.4. The minimum Gasteiger partial charge on any atom is -0.480 e. The number of likely N-dealkylation sites (N-methyl/N-ethyl adjacent to an activating group) is 1. The lowest BCUT2D eigenvalue weighted by molar-refractivity contribution is -0.389. The number of carbonyl (C=O) groups is 1. The van der Waals surface area contributed by atoms with Crippen LogP contribution in [0.1, 0.15) is 19.8 Å². The highest BCUT2D eigenvalue weighted by Gasteiger charge is 2.36. The van der Waals surface area contributed by atoms with E-state index >= 15 is 0 Å². The molecule has 0 aliphatic heterocycles. The summed E-state index contributed by atoms with van der Waals surface area (Å²) >= 11 is 1.34. The Morgan fingerprint density at radius 1 is 1.65 bits per heavy atom. The van der Waals surface area contributed by atoms with Crippen molar-refractivity contribution in [2.45, 2.75) is 31.8 Å². The van der Waals surface area contributed by atoms with Crippen molar-refractivity contribution in [1.29, 1.82) is 0 Å². The summed E-state index contributed by atoms with van der Waals surface area (Å²) in [6.07, 6.45) is 3.14. The molecule has 0 bridgehead atoms. The number of nitrogens with zero attached hydrogens (tertiary/aromatic N) is 4. The highest BCUT2D eigenvalue weighted by Crippen LogP contribution is 2.33. The quantitative estimate of drug-likeness (QED) is 0.582. The van der Waals surface area contributed by atoms with Crippen molar-refractivity contribution in [3.8, 4) is 0 Å². The lowest BCUT2D eigenvalue weighted by Gasteiger charge is -2.42. The van der Waals surface area contributed by atoms with E-state index in [4.69, 9.17) is 5.11 Å². The van der Waals surface area contributed by atoms with E-state index < -0.39 is 10.9 Å². The number of nitrogens with one attached hydrogen (secondary N) is 1. The number of imidazole rings is 1. The molecule has 2 aromatic rings. The molecule has 1 aliphatic carbocycles. The zero-order chi connectivity index (χ0) is 16.6. The molecule has 0 aromatic carbocycles. The Bertz CT molecular complexity index is 736. The maximum absolute atomic E-state index is 11.3. The van der Waals surface area contributed by atoms with Crippen molar-refractivity contribution >= 4 is 33.9 Å². The third kappa shape index (κ3) is 2.99. The Kier molecular flexibility index (Phi) is 4.18. The maximum Gasteiger partial charge on any atom is 0.372 e. The summed E-state index contributed by atoms with van der Waals surface area (Å²) in [6, 6.07) is 0.266. The monoisotopic (exact) mass is 339 g/mol. The molecule has 2 heterocycles. The summed E-state index contributed by atoms with van der Waals surface area (Å²) in [5, 5.41) is 25.0. The second-order valence-corrected chi connectivity index (χ2v) is 6.39. The molecule has 23 heavy (non-hydrogen) atoms. The molecule has 0 saturated heterocycles. The van der Waals surface area contributed by atoms with Crippen LogP contribution in [0, 0.1) is 10.1 Å². The van der Waals surface area contributed by atoms with Gasteiger partial charge in [0.15, 0.2) is 0 Å². The number of thiazole rings is 1. The SMILES string of the molecule is CCN(CC(=O)O)C1CC(Nc2nc3sccn3c2[N+](=O)[O-])C1. The molecular weight excluding hydrogens is 322 g/mol. The molecule has 0 amide bonds. The zero-order valence-electron chi connectivity index (χ0n) is 12.5. The number of carboxylic acid groups (broad SMARTS) is 1. The Morgan fingerprint density at radius 2 is 2.39 bits per heavy atom. The summed E-state index contributed by atoms with van der Waals surface area (Å²) in [5.41, 5.74) is 0. The van der Waals surface area contributed by atoms with Crippen molar-refractivity contribution in [3.63, 3.8) is 0 Å². The van der Waals surface area contributed by atoms with Crippen LogP contribution in [0.4, 0.5) is 11.6 Å². The molecule has 3 rings (SSSR count). The van der Waals surface area contributed by atoms with E-state index in [0.29, 0.717) is 11.5 Å². The van der Waals surface area contributed by atoms with Gasteiger partial charge in [-0.05, 0) is 24.3 Å². The van der Waals surface area contributed by atoms with Crippen molar-refractivity contribution < 1.29 is 14.8 Å². The lowest BCUT2D eigenvalue weighted by atomic mass is 9.85. The van der Waals surface area contributed by atoms with Crippen LogP contribution in [0.5, 0.6) is 0 Å². The highest BCUT2D eigenvalue weighted by molar-refractivity contribution is 7.15. The fourth-order valence-electron chi connectivity index (χ4n) is 2.92. The maximum atomic E-state index is 11.3. The molecule has 0 radical (unpaired) electrons. The van der Waals surface area contributed by atoms with E-state index in [-0.39, 0.29) is 30.3 Å². The second-order valence-electron chi connectivity index (χ2n) is 5.52.